The molecular formula is C41H27N. The summed E-state index contributed by atoms with van der Waals surface area (Å²) in [4.78, 5) is 4.29. The Morgan fingerprint density at radius 1 is 0.310 bits per heavy atom. The Bertz CT molecular complexity index is 2210. The lowest BCUT2D eigenvalue weighted by atomic mass is 9.84. The van der Waals surface area contributed by atoms with E-state index in [0.29, 0.717) is 0 Å². The number of aromatic nitrogens is 1. The zero-order valence-corrected chi connectivity index (χ0v) is 23.0. The third-order valence-electron chi connectivity index (χ3n) is 8.34. The van der Waals surface area contributed by atoms with E-state index in [9.17, 15) is 0 Å². The molecule has 1 aromatic heterocycles. The molecule has 7 aromatic carbocycles. The minimum absolute atomic E-state index is 1.13. The molecule has 8 aromatic rings. The first kappa shape index (κ1) is 24.3. The van der Waals surface area contributed by atoms with Crippen molar-refractivity contribution in [3.63, 3.8) is 0 Å². The second-order valence-electron chi connectivity index (χ2n) is 10.8. The molecule has 0 fully saturated rings. The molecule has 0 unspecified atom stereocenters. The first-order valence-electron chi connectivity index (χ1n) is 14.4. The fourth-order valence-electron chi connectivity index (χ4n) is 6.32. The smallest absolute Gasteiger partial charge is 0.0346 e. The molecule has 0 radical (unpaired) electrons. The molecule has 0 aliphatic heterocycles. The second-order valence-corrected chi connectivity index (χ2v) is 10.8. The van der Waals surface area contributed by atoms with E-state index in [1.165, 1.54) is 71.3 Å². The number of nitrogens with zero attached hydrogens (tertiary/aromatic N) is 1. The Morgan fingerprint density at radius 3 is 1.62 bits per heavy atom. The molecule has 0 aliphatic rings. The van der Waals surface area contributed by atoms with E-state index < -0.39 is 0 Å². The SMILES string of the molecule is c1ccc(-c2c3ccccc3c(-c3ccc4ccccc4c3)c3cc(-c4ccc(-c5cccnc5)cc4)ccc23)cc1. The molecule has 8 rings (SSSR count). The first-order valence-corrected chi connectivity index (χ1v) is 14.4. The van der Waals surface area contributed by atoms with Gasteiger partial charge in [0, 0.05) is 12.4 Å². The van der Waals surface area contributed by atoms with Gasteiger partial charge in [-0.2, -0.15) is 0 Å². The first-order chi connectivity index (χ1) is 20.8. The van der Waals surface area contributed by atoms with Crippen LogP contribution >= 0.6 is 0 Å². The summed E-state index contributed by atoms with van der Waals surface area (Å²) in [6.45, 7) is 0. The molecule has 0 atom stereocenters. The molecular weight excluding hydrogens is 506 g/mol. The van der Waals surface area contributed by atoms with Crippen molar-refractivity contribution in [2.24, 2.45) is 0 Å². The lowest BCUT2D eigenvalue weighted by Gasteiger charge is -2.19. The van der Waals surface area contributed by atoms with Crippen molar-refractivity contribution in [1.82, 2.24) is 4.98 Å². The van der Waals surface area contributed by atoms with Crippen LogP contribution in [0.4, 0.5) is 0 Å². The molecule has 0 N–H and O–H groups in total. The fourth-order valence-corrected chi connectivity index (χ4v) is 6.32. The molecule has 1 heterocycles. The molecule has 1 nitrogen and oxygen atoms in total. The average Bonchev–Trinajstić information content (AvgIpc) is 3.07. The van der Waals surface area contributed by atoms with E-state index in [2.05, 4.69) is 151 Å². The predicted molar refractivity (Wildman–Crippen MR) is 178 cm³/mol. The number of hydrogen-bond acceptors (Lipinski definition) is 1. The summed E-state index contributed by atoms with van der Waals surface area (Å²) in [6.07, 6.45) is 3.73. The van der Waals surface area contributed by atoms with Gasteiger partial charge in [-0.05, 0) is 95.0 Å². The third-order valence-corrected chi connectivity index (χ3v) is 8.34. The summed E-state index contributed by atoms with van der Waals surface area (Å²) in [5, 5.41) is 7.57. The molecule has 0 bridgehead atoms. The maximum Gasteiger partial charge on any atom is 0.0346 e. The maximum absolute atomic E-state index is 4.29. The highest BCUT2D eigenvalue weighted by Crippen LogP contribution is 2.45. The molecule has 0 amide bonds. The Balaban J connectivity index is 1.41. The van der Waals surface area contributed by atoms with Crippen LogP contribution in [0.5, 0.6) is 0 Å². The quantitative estimate of drug-likeness (QED) is 0.205. The zero-order chi connectivity index (χ0) is 27.9. The third kappa shape index (κ3) is 4.15. The van der Waals surface area contributed by atoms with Gasteiger partial charge in [0.1, 0.15) is 0 Å². The normalized spacial score (nSPS) is 11.3. The van der Waals surface area contributed by atoms with E-state index >= 15 is 0 Å². The van der Waals surface area contributed by atoms with Gasteiger partial charge in [-0.25, -0.2) is 0 Å². The van der Waals surface area contributed by atoms with Crippen molar-refractivity contribution in [2.45, 2.75) is 0 Å². The highest BCUT2D eigenvalue weighted by atomic mass is 14.6. The number of pyridine rings is 1. The van der Waals surface area contributed by atoms with Gasteiger partial charge < -0.3 is 0 Å². The number of hydrogen-bond donors (Lipinski definition) is 0. The molecule has 0 aliphatic carbocycles. The Morgan fingerprint density at radius 2 is 0.881 bits per heavy atom. The lowest BCUT2D eigenvalue weighted by molar-refractivity contribution is 1.33. The average molecular weight is 534 g/mol. The van der Waals surface area contributed by atoms with E-state index in [4.69, 9.17) is 0 Å². The molecule has 0 spiro atoms. The van der Waals surface area contributed by atoms with Gasteiger partial charge in [-0.3, -0.25) is 4.98 Å². The van der Waals surface area contributed by atoms with Crippen LogP contribution in [0, 0.1) is 0 Å². The van der Waals surface area contributed by atoms with Crippen molar-refractivity contribution in [1.29, 1.82) is 0 Å². The largest absolute Gasteiger partial charge is 0.264 e. The molecule has 42 heavy (non-hydrogen) atoms. The van der Waals surface area contributed by atoms with Gasteiger partial charge >= 0.3 is 0 Å². The minimum atomic E-state index is 1.13. The number of rotatable bonds is 4. The van der Waals surface area contributed by atoms with Gasteiger partial charge in [0.05, 0.1) is 0 Å². The van der Waals surface area contributed by atoms with Gasteiger partial charge in [-0.15, -0.1) is 0 Å². The van der Waals surface area contributed by atoms with Crippen LogP contribution in [0.3, 0.4) is 0 Å². The Labute approximate surface area is 245 Å². The highest BCUT2D eigenvalue weighted by molar-refractivity contribution is 6.22. The van der Waals surface area contributed by atoms with E-state index in [-0.39, 0.29) is 0 Å². The van der Waals surface area contributed by atoms with Crippen LogP contribution in [0.15, 0.2) is 164 Å². The van der Waals surface area contributed by atoms with Crippen LogP contribution in [0.2, 0.25) is 0 Å². The minimum Gasteiger partial charge on any atom is -0.264 e. The van der Waals surface area contributed by atoms with E-state index in [1.807, 2.05) is 18.5 Å². The van der Waals surface area contributed by atoms with Crippen LogP contribution in [-0.4, -0.2) is 4.98 Å². The summed E-state index contributed by atoms with van der Waals surface area (Å²) in [5.74, 6) is 0. The van der Waals surface area contributed by atoms with Gasteiger partial charge in [0.25, 0.3) is 0 Å². The molecule has 0 saturated heterocycles. The lowest BCUT2D eigenvalue weighted by Crippen LogP contribution is -1.92. The molecule has 196 valence electrons. The van der Waals surface area contributed by atoms with E-state index in [0.717, 1.165) is 5.56 Å². The van der Waals surface area contributed by atoms with Gasteiger partial charge in [0.15, 0.2) is 0 Å². The predicted octanol–water partition coefficient (Wildman–Crippen LogP) is 11.2. The number of benzene rings is 7. The molecule has 1 heteroatoms. The summed E-state index contributed by atoms with van der Waals surface area (Å²) in [6, 6.07) is 55.0. The van der Waals surface area contributed by atoms with Crippen molar-refractivity contribution in [2.75, 3.05) is 0 Å². The van der Waals surface area contributed by atoms with Crippen LogP contribution < -0.4 is 0 Å². The van der Waals surface area contributed by atoms with Crippen molar-refractivity contribution >= 4 is 32.3 Å². The Kier molecular flexibility index (Phi) is 5.86. The standard InChI is InChI=1S/C41H27N/c1-2-10-31(11-3-1)40-36-14-6-7-15-37(36)41(34-21-20-28-9-4-5-12-32(28)25-34)39-26-33(22-23-38(39)40)29-16-18-30(19-17-29)35-13-8-24-42-27-35/h1-27H. The highest BCUT2D eigenvalue weighted by Gasteiger charge is 2.17. The molecule has 0 saturated carbocycles. The monoisotopic (exact) mass is 533 g/mol. The van der Waals surface area contributed by atoms with Crippen LogP contribution in [-0.2, 0) is 0 Å². The van der Waals surface area contributed by atoms with Crippen molar-refractivity contribution < 1.29 is 0 Å². The van der Waals surface area contributed by atoms with Crippen molar-refractivity contribution in [3.05, 3.63) is 164 Å². The van der Waals surface area contributed by atoms with Crippen LogP contribution in [0.25, 0.3) is 76.8 Å². The Hall–Kier alpha value is -5.53. The summed E-state index contributed by atoms with van der Waals surface area (Å²) < 4.78 is 0. The summed E-state index contributed by atoms with van der Waals surface area (Å²) in [7, 11) is 0. The van der Waals surface area contributed by atoms with E-state index in [1.54, 1.807) is 0 Å². The van der Waals surface area contributed by atoms with Crippen molar-refractivity contribution in [3.8, 4) is 44.5 Å². The number of fused-ring (bicyclic) bond motifs is 3. The van der Waals surface area contributed by atoms with Gasteiger partial charge in [0.2, 0.25) is 0 Å². The fraction of sp³-hybridized carbons (Fsp3) is 0. The maximum atomic E-state index is 4.29. The summed E-state index contributed by atoms with van der Waals surface area (Å²) in [5.41, 5.74) is 9.72. The van der Waals surface area contributed by atoms with Gasteiger partial charge in [-0.1, -0.05) is 133 Å². The second kappa shape index (κ2) is 10.1. The summed E-state index contributed by atoms with van der Waals surface area (Å²) >= 11 is 0. The topological polar surface area (TPSA) is 12.9 Å². The zero-order valence-electron chi connectivity index (χ0n) is 23.0. The van der Waals surface area contributed by atoms with Crippen LogP contribution in [0.1, 0.15) is 0 Å².